The number of hydrogen-bond acceptors (Lipinski definition) is 5. The minimum Gasteiger partial charge on any atom is -0.340 e. The fourth-order valence-corrected chi connectivity index (χ4v) is 2.83. The molecule has 1 aromatic carbocycles. The Morgan fingerprint density at radius 1 is 1.19 bits per heavy atom. The molecule has 0 saturated carbocycles. The summed E-state index contributed by atoms with van der Waals surface area (Å²) in [6, 6.07) is 9.02. The van der Waals surface area contributed by atoms with Crippen LogP contribution in [0.2, 0.25) is 0 Å². The molecule has 0 N–H and O–H groups in total. The molecule has 0 bridgehead atoms. The third kappa shape index (κ3) is 3.25. The van der Waals surface area contributed by atoms with Crippen molar-refractivity contribution < 1.29 is 4.79 Å². The Kier molecular flexibility index (Phi) is 4.64. The molecule has 0 saturated heterocycles. The summed E-state index contributed by atoms with van der Waals surface area (Å²) in [7, 11) is 4.58. The van der Waals surface area contributed by atoms with Gasteiger partial charge in [-0.25, -0.2) is 9.78 Å². The number of carbonyl (C=O) groups is 1. The number of aryl methyl sites for hydroxylation is 1. The second-order valence-electron chi connectivity index (χ2n) is 6.31. The van der Waals surface area contributed by atoms with Crippen molar-refractivity contribution in [1.29, 1.82) is 5.26 Å². The predicted molar refractivity (Wildman–Crippen MR) is 97.8 cm³/mol. The zero-order valence-electron chi connectivity index (χ0n) is 15.2. The summed E-state index contributed by atoms with van der Waals surface area (Å²) in [5.41, 5.74) is 0.929. The largest absolute Gasteiger partial charge is 0.340 e. The van der Waals surface area contributed by atoms with Crippen LogP contribution >= 0.6 is 0 Å². The number of benzene rings is 1. The first-order chi connectivity index (χ1) is 12.8. The lowest BCUT2D eigenvalue weighted by atomic mass is 10.1. The lowest BCUT2D eigenvalue weighted by Gasteiger charge is -2.18. The fourth-order valence-electron chi connectivity index (χ4n) is 2.83. The van der Waals surface area contributed by atoms with Crippen LogP contribution in [-0.2, 0) is 32.0 Å². The summed E-state index contributed by atoms with van der Waals surface area (Å²) in [6.07, 6.45) is 1.39. The number of aromatic nitrogens is 4. The topological polar surface area (TPSA) is 106 Å². The van der Waals surface area contributed by atoms with Gasteiger partial charge in [0.15, 0.2) is 11.2 Å². The number of hydrogen-bond donors (Lipinski definition) is 0. The average molecular weight is 366 g/mol. The van der Waals surface area contributed by atoms with Crippen LogP contribution in [0.5, 0.6) is 0 Å². The van der Waals surface area contributed by atoms with Gasteiger partial charge in [-0.2, -0.15) is 5.26 Å². The highest BCUT2D eigenvalue weighted by Crippen LogP contribution is 2.09. The summed E-state index contributed by atoms with van der Waals surface area (Å²) in [5, 5.41) is 8.84. The van der Waals surface area contributed by atoms with Crippen molar-refractivity contribution in [3.05, 3.63) is 62.6 Å². The van der Waals surface area contributed by atoms with E-state index in [1.54, 1.807) is 31.3 Å². The van der Waals surface area contributed by atoms with Gasteiger partial charge in [0.05, 0.1) is 18.0 Å². The van der Waals surface area contributed by atoms with E-state index >= 15 is 0 Å². The summed E-state index contributed by atoms with van der Waals surface area (Å²) in [4.78, 5) is 42.6. The van der Waals surface area contributed by atoms with Gasteiger partial charge < -0.3 is 9.47 Å². The second-order valence-corrected chi connectivity index (χ2v) is 6.31. The Bertz CT molecular complexity index is 1180. The standard InChI is InChI=1S/C18H18N6O3/c1-21(9-13-6-4-12(8-19)5-7-13)14(25)10-24-11-20-16-15(24)17(26)23(3)18(27)22(16)2/h4-7,11H,9-10H2,1-3H3. The summed E-state index contributed by atoms with van der Waals surface area (Å²) in [6.45, 7) is 0.296. The molecule has 0 radical (unpaired) electrons. The Morgan fingerprint density at radius 3 is 2.48 bits per heavy atom. The van der Waals surface area contributed by atoms with Gasteiger partial charge in [0.2, 0.25) is 5.91 Å². The SMILES string of the molecule is CN(Cc1ccc(C#N)cc1)C(=O)Cn1cnc2c1c(=O)n(C)c(=O)n2C. The smallest absolute Gasteiger partial charge is 0.332 e. The maximum absolute atomic E-state index is 12.6. The lowest BCUT2D eigenvalue weighted by molar-refractivity contribution is -0.131. The molecule has 2 heterocycles. The monoisotopic (exact) mass is 366 g/mol. The first-order valence-corrected chi connectivity index (χ1v) is 8.17. The molecule has 27 heavy (non-hydrogen) atoms. The van der Waals surface area contributed by atoms with E-state index in [2.05, 4.69) is 4.98 Å². The van der Waals surface area contributed by atoms with E-state index in [0.717, 1.165) is 10.1 Å². The number of likely N-dealkylation sites (N-methyl/N-ethyl adjacent to an activating group) is 1. The number of fused-ring (bicyclic) bond motifs is 1. The second kappa shape index (κ2) is 6.92. The third-order valence-electron chi connectivity index (χ3n) is 4.45. The Balaban J connectivity index is 1.84. The van der Waals surface area contributed by atoms with E-state index < -0.39 is 11.2 Å². The van der Waals surface area contributed by atoms with Crippen molar-refractivity contribution in [1.82, 2.24) is 23.6 Å². The molecule has 0 atom stereocenters. The van der Waals surface area contributed by atoms with E-state index in [1.807, 2.05) is 6.07 Å². The number of amides is 1. The zero-order valence-corrected chi connectivity index (χ0v) is 15.2. The lowest BCUT2D eigenvalue weighted by Crippen LogP contribution is -2.38. The van der Waals surface area contributed by atoms with Crippen LogP contribution in [0.3, 0.4) is 0 Å². The summed E-state index contributed by atoms with van der Waals surface area (Å²) in [5.74, 6) is -0.213. The molecule has 0 aliphatic rings. The molecule has 3 aromatic rings. The highest BCUT2D eigenvalue weighted by molar-refractivity contribution is 5.78. The van der Waals surface area contributed by atoms with E-state index in [0.29, 0.717) is 12.1 Å². The van der Waals surface area contributed by atoms with E-state index in [1.165, 1.54) is 34.5 Å². The predicted octanol–water partition coefficient (Wildman–Crippen LogP) is -0.0360. The number of nitrogens with zero attached hydrogens (tertiary/aromatic N) is 6. The molecular weight excluding hydrogens is 348 g/mol. The molecule has 1 amide bonds. The summed E-state index contributed by atoms with van der Waals surface area (Å²) < 4.78 is 3.72. The van der Waals surface area contributed by atoms with Crippen LogP contribution < -0.4 is 11.2 Å². The van der Waals surface area contributed by atoms with Gasteiger partial charge in [-0.05, 0) is 17.7 Å². The molecule has 0 aliphatic carbocycles. The van der Waals surface area contributed by atoms with Crippen molar-refractivity contribution in [2.75, 3.05) is 7.05 Å². The first kappa shape index (κ1) is 18.1. The van der Waals surface area contributed by atoms with Gasteiger partial charge in [-0.1, -0.05) is 12.1 Å². The summed E-state index contributed by atoms with van der Waals surface area (Å²) >= 11 is 0. The van der Waals surface area contributed by atoms with Crippen molar-refractivity contribution in [3.8, 4) is 6.07 Å². The minimum atomic E-state index is -0.492. The van der Waals surface area contributed by atoms with Gasteiger partial charge in [-0.3, -0.25) is 18.7 Å². The number of rotatable bonds is 4. The average Bonchev–Trinajstić information content (AvgIpc) is 3.08. The van der Waals surface area contributed by atoms with E-state index in [-0.39, 0.29) is 23.6 Å². The van der Waals surface area contributed by atoms with Gasteiger partial charge in [0, 0.05) is 27.7 Å². The Morgan fingerprint density at radius 2 is 1.85 bits per heavy atom. The molecule has 3 rings (SSSR count). The third-order valence-corrected chi connectivity index (χ3v) is 4.45. The van der Waals surface area contributed by atoms with Gasteiger partial charge in [-0.15, -0.1) is 0 Å². The Hall–Kier alpha value is -3.67. The number of nitriles is 1. The van der Waals surface area contributed by atoms with Crippen LogP contribution in [0.4, 0.5) is 0 Å². The molecule has 0 fully saturated rings. The van der Waals surface area contributed by atoms with Crippen LogP contribution in [0.25, 0.3) is 11.2 Å². The quantitative estimate of drug-likeness (QED) is 0.644. The van der Waals surface area contributed by atoms with Gasteiger partial charge in [0.1, 0.15) is 6.54 Å². The zero-order chi connectivity index (χ0) is 19.7. The van der Waals surface area contributed by atoms with Gasteiger partial charge in [0.25, 0.3) is 5.56 Å². The van der Waals surface area contributed by atoms with Crippen molar-refractivity contribution in [2.45, 2.75) is 13.1 Å². The maximum Gasteiger partial charge on any atom is 0.332 e. The van der Waals surface area contributed by atoms with E-state index in [9.17, 15) is 14.4 Å². The van der Waals surface area contributed by atoms with E-state index in [4.69, 9.17) is 5.26 Å². The fraction of sp³-hybridized carbons (Fsp3) is 0.278. The van der Waals surface area contributed by atoms with Crippen molar-refractivity contribution in [2.24, 2.45) is 14.1 Å². The van der Waals surface area contributed by atoms with Crippen molar-refractivity contribution in [3.63, 3.8) is 0 Å². The van der Waals surface area contributed by atoms with Crippen LogP contribution in [0, 0.1) is 11.3 Å². The molecule has 9 heteroatoms. The van der Waals surface area contributed by atoms with Gasteiger partial charge >= 0.3 is 5.69 Å². The minimum absolute atomic E-state index is 0.0727. The molecule has 0 unspecified atom stereocenters. The van der Waals surface area contributed by atoms with Crippen LogP contribution in [0.15, 0.2) is 40.2 Å². The molecule has 138 valence electrons. The number of imidazole rings is 1. The number of carbonyl (C=O) groups excluding carboxylic acids is 1. The highest BCUT2D eigenvalue weighted by Gasteiger charge is 2.17. The molecule has 0 aliphatic heterocycles. The molecule has 0 spiro atoms. The van der Waals surface area contributed by atoms with Crippen molar-refractivity contribution >= 4 is 17.1 Å². The molecule has 9 nitrogen and oxygen atoms in total. The first-order valence-electron chi connectivity index (χ1n) is 8.17. The maximum atomic E-state index is 12.6. The van der Waals surface area contributed by atoms with Crippen LogP contribution in [-0.4, -0.2) is 36.5 Å². The molecule has 2 aromatic heterocycles. The molecular formula is C18H18N6O3. The Labute approximate surface area is 154 Å². The van der Waals surface area contributed by atoms with Crippen LogP contribution in [0.1, 0.15) is 11.1 Å². The highest BCUT2D eigenvalue weighted by atomic mass is 16.2. The normalized spacial score (nSPS) is 10.7.